The average Bonchev–Trinajstić information content (AvgIpc) is 2.89. The second-order valence-corrected chi connectivity index (χ2v) is 9.22. The van der Waals surface area contributed by atoms with Gasteiger partial charge < -0.3 is 14.1 Å². The van der Waals surface area contributed by atoms with Crippen LogP contribution in [-0.4, -0.2) is 23.1 Å². The summed E-state index contributed by atoms with van der Waals surface area (Å²) in [5, 5.41) is 4.96. The van der Waals surface area contributed by atoms with Gasteiger partial charge in [-0.25, -0.2) is 0 Å². The van der Waals surface area contributed by atoms with Gasteiger partial charge in [-0.05, 0) is 59.2 Å². The van der Waals surface area contributed by atoms with Gasteiger partial charge in [-0.2, -0.15) is 4.99 Å². The Morgan fingerprint density at radius 2 is 1.96 bits per heavy atom. The van der Waals surface area contributed by atoms with E-state index in [2.05, 4.69) is 30.5 Å². The minimum absolute atomic E-state index is 0.438. The van der Waals surface area contributed by atoms with Gasteiger partial charge in [-0.1, -0.05) is 30.1 Å². The summed E-state index contributed by atoms with van der Waals surface area (Å²) in [5.74, 6) is 1.09. The Hall–Kier alpha value is -1.79. The third-order valence-electron chi connectivity index (χ3n) is 4.13. The molecule has 0 amide bonds. The number of aromatic nitrogens is 1. The number of unbranched alkanes of at least 4 members (excludes halogenated alkanes) is 1. The molecule has 28 heavy (non-hydrogen) atoms. The molecule has 5 nitrogen and oxygen atoms in total. The molecular weight excluding hydrogens is 394 g/mol. The number of hydrogen-bond donors (Lipinski definition) is 0. The molecule has 0 aliphatic carbocycles. The molecule has 1 aromatic carbocycles. The van der Waals surface area contributed by atoms with Crippen LogP contribution < -0.4 is 9.54 Å². The van der Waals surface area contributed by atoms with Crippen molar-refractivity contribution in [3.8, 4) is 5.75 Å². The van der Waals surface area contributed by atoms with E-state index in [0.717, 1.165) is 24.2 Å². The molecular formula is C21H30ClN3O2S. The fourth-order valence-electron chi connectivity index (χ4n) is 2.52. The first-order valence-corrected chi connectivity index (χ1v) is 10.7. The highest BCUT2D eigenvalue weighted by Crippen LogP contribution is 2.24. The van der Waals surface area contributed by atoms with Crippen molar-refractivity contribution >= 4 is 28.8 Å². The van der Waals surface area contributed by atoms with Crippen LogP contribution in [0.25, 0.3) is 0 Å². The Balaban J connectivity index is 2.67. The number of hydrogen-bond acceptors (Lipinski definition) is 4. The van der Waals surface area contributed by atoms with Crippen molar-refractivity contribution in [3.05, 3.63) is 44.2 Å². The van der Waals surface area contributed by atoms with Gasteiger partial charge in [0.15, 0.2) is 4.80 Å². The lowest BCUT2D eigenvalue weighted by Gasteiger charge is -2.16. The maximum Gasteiger partial charge on any atom is 0.205 e. The molecule has 2 rings (SSSR count). The van der Waals surface area contributed by atoms with Gasteiger partial charge in [-0.15, -0.1) is 11.3 Å². The number of oxime groups is 1. The predicted molar refractivity (Wildman–Crippen MR) is 118 cm³/mol. The van der Waals surface area contributed by atoms with Crippen LogP contribution in [0.2, 0.25) is 5.02 Å². The van der Waals surface area contributed by atoms with Gasteiger partial charge in [0, 0.05) is 22.1 Å². The van der Waals surface area contributed by atoms with E-state index in [1.54, 1.807) is 30.6 Å². The second-order valence-electron chi connectivity index (χ2n) is 7.61. The number of nitrogens with zero attached hydrogens (tertiary/aromatic N) is 3. The zero-order valence-electron chi connectivity index (χ0n) is 17.8. The fourth-order valence-corrected chi connectivity index (χ4v) is 3.69. The van der Waals surface area contributed by atoms with E-state index >= 15 is 0 Å². The van der Waals surface area contributed by atoms with E-state index < -0.39 is 5.60 Å². The number of amidine groups is 1. The Labute approximate surface area is 176 Å². The predicted octanol–water partition coefficient (Wildman–Crippen LogP) is 5.71. The molecule has 0 N–H and O–H groups in total. The second kappa shape index (κ2) is 9.61. The van der Waals surface area contributed by atoms with Gasteiger partial charge in [0.1, 0.15) is 11.4 Å². The van der Waals surface area contributed by atoms with E-state index in [-0.39, 0.29) is 0 Å². The van der Waals surface area contributed by atoms with Crippen LogP contribution in [-0.2, 0) is 11.4 Å². The van der Waals surface area contributed by atoms with Crippen LogP contribution in [0.3, 0.4) is 0 Å². The molecule has 0 saturated heterocycles. The molecule has 0 radical (unpaired) electrons. The lowest BCUT2D eigenvalue weighted by molar-refractivity contribution is 0.000798. The summed E-state index contributed by atoms with van der Waals surface area (Å²) < 4.78 is 7.76. The highest BCUT2D eigenvalue weighted by atomic mass is 35.5. The average molecular weight is 424 g/mol. The highest BCUT2D eigenvalue weighted by Gasteiger charge is 2.16. The first kappa shape index (κ1) is 22.5. The SMILES string of the molecule is CCCCn1c(C)c(C)sc1=N/C(=N\OC(C)(C)C)c1cc(Cl)ccc1OC. The number of methoxy groups -OCH3 is 1. The van der Waals surface area contributed by atoms with E-state index in [0.29, 0.717) is 22.2 Å². The third kappa shape index (κ3) is 5.85. The van der Waals surface area contributed by atoms with Crippen LogP contribution in [0.4, 0.5) is 0 Å². The van der Waals surface area contributed by atoms with Crippen molar-refractivity contribution in [2.45, 2.75) is 66.5 Å². The van der Waals surface area contributed by atoms with Crippen LogP contribution >= 0.6 is 22.9 Å². The van der Waals surface area contributed by atoms with E-state index in [9.17, 15) is 0 Å². The van der Waals surface area contributed by atoms with Crippen molar-refractivity contribution in [2.75, 3.05) is 7.11 Å². The van der Waals surface area contributed by atoms with Crippen LogP contribution in [0.1, 0.15) is 56.7 Å². The minimum Gasteiger partial charge on any atom is -0.496 e. The Bertz CT molecular complexity index is 907. The molecule has 2 aromatic rings. The molecule has 0 atom stereocenters. The van der Waals surface area contributed by atoms with Gasteiger partial charge in [0.2, 0.25) is 5.84 Å². The maximum absolute atomic E-state index is 6.24. The fraction of sp³-hybridized carbons (Fsp3) is 0.524. The smallest absolute Gasteiger partial charge is 0.205 e. The standard InChI is InChI=1S/C21H30ClN3O2S/c1-8-9-12-25-14(2)15(3)28-20(25)23-19(24-27-21(4,5)6)17-13-16(22)10-11-18(17)26-7/h10-11,13H,8-9,12H2,1-7H3/b23-20?,24-19-. The largest absolute Gasteiger partial charge is 0.496 e. The van der Waals surface area contributed by atoms with Gasteiger partial charge in [0.05, 0.1) is 12.7 Å². The molecule has 7 heteroatoms. The van der Waals surface area contributed by atoms with Crippen molar-refractivity contribution in [2.24, 2.45) is 10.1 Å². The summed E-state index contributed by atoms with van der Waals surface area (Å²) in [4.78, 5) is 12.7. The summed E-state index contributed by atoms with van der Waals surface area (Å²) in [6, 6.07) is 5.40. The molecule has 1 heterocycles. The summed E-state index contributed by atoms with van der Waals surface area (Å²) in [6.07, 6.45) is 2.21. The van der Waals surface area contributed by atoms with E-state index in [4.69, 9.17) is 26.2 Å². The first-order valence-electron chi connectivity index (χ1n) is 9.48. The summed E-state index contributed by atoms with van der Waals surface area (Å²) in [7, 11) is 1.62. The number of ether oxygens (including phenoxy) is 1. The van der Waals surface area contributed by atoms with Crippen molar-refractivity contribution in [1.82, 2.24) is 4.57 Å². The molecule has 1 aromatic heterocycles. The third-order valence-corrected chi connectivity index (χ3v) is 5.47. The Morgan fingerprint density at radius 3 is 2.57 bits per heavy atom. The van der Waals surface area contributed by atoms with Crippen molar-refractivity contribution in [1.29, 1.82) is 0 Å². The van der Waals surface area contributed by atoms with E-state index in [1.807, 2.05) is 26.8 Å². The quantitative estimate of drug-likeness (QED) is 0.339. The van der Waals surface area contributed by atoms with Crippen molar-refractivity contribution < 1.29 is 9.57 Å². The van der Waals surface area contributed by atoms with Gasteiger partial charge in [0.25, 0.3) is 0 Å². The zero-order chi connectivity index (χ0) is 20.9. The van der Waals surface area contributed by atoms with Crippen molar-refractivity contribution in [3.63, 3.8) is 0 Å². The number of aryl methyl sites for hydroxylation is 1. The highest BCUT2D eigenvalue weighted by molar-refractivity contribution is 7.09. The zero-order valence-corrected chi connectivity index (χ0v) is 19.4. The topological polar surface area (TPSA) is 48.1 Å². The van der Waals surface area contributed by atoms with Crippen LogP contribution in [0.5, 0.6) is 5.75 Å². The molecule has 0 unspecified atom stereocenters. The number of benzene rings is 1. The Kier molecular flexibility index (Phi) is 7.72. The summed E-state index contributed by atoms with van der Waals surface area (Å²) in [5.41, 5.74) is 1.49. The molecule has 0 spiro atoms. The van der Waals surface area contributed by atoms with Crippen LogP contribution in [0, 0.1) is 13.8 Å². The lowest BCUT2D eigenvalue weighted by Crippen LogP contribution is -2.21. The maximum atomic E-state index is 6.24. The number of rotatable bonds is 6. The van der Waals surface area contributed by atoms with Gasteiger partial charge >= 0.3 is 0 Å². The number of thiazole rings is 1. The van der Waals surface area contributed by atoms with Crippen LogP contribution in [0.15, 0.2) is 28.3 Å². The summed E-state index contributed by atoms with van der Waals surface area (Å²) >= 11 is 7.90. The first-order chi connectivity index (χ1) is 13.2. The molecule has 0 fully saturated rings. The molecule has 0 aliphatic heterocycles. The minimum atomic E-state index is -0.438. The van der Waals surface area contributed by atoms with E-state index in [1.165, 1.54) is 10.6 Å². The normalized spacial score (nSPS) is 13.1. The molecule has 0 aliphatic rings. The summed E-state index contributed by atoms with van der Waals surface area (Å²) in [6.45, 7) is 13.2. The molecule has 0 bridgehead atoms. The number of halogens is 1. The molecule has 0 saturated carbocycles. The lowest BCUT2D eigenvalue weighted by atomic mass is 10.2. The monoisotopic (exact) mass is 423 g/mol. The molecule has 154 valence electrons. The Morgan fingerprint density at radius 1 is 1.25 bits per heavy atom. The van der Waals surface area contributed by atoms with Gasteiger partial charge in [-0.3, -0.25) is 0 Å².